The van der Waals surface area contributed by atoms with Crippen molar-refractivity contribution in [3.8, 4) is 0 Å². The predicted octanol–water partition coefficient (Wildman–Crippen LogP) is 1.11. The molecule has 0 aromatic carbocycles. The van der Waals surface area contributed by atoms with Crippen molar-refractivity contribution in [3.05, 3.63) is 24.0 Å². The van der Waals surface area contributed by atoms with E-state index in [0.717, 1.165) is 12.2 Å². The molecular formula is C13H19N3O2. The predicted molar refractivity (Wildman–Crippen MR) is 69.5 cm³/mol. The van der Waals surface area contributed by atoms with Crippen LogP contribution in [0.1, 0.15) is 30.6 Å². The van der Waals surface area contributed by atoms with E-state index in [0.29, 0.717) is 25.1 Å². The number of rotatable bonds is 3. The summed E-state index contributed by atoms with van der Waals surface area (Å²) in [6, 6.07) is 1.80. The maximum absolute atomic E-state index is 12.4. The fourth-order valence-corrected chi connectivity index (χ4v) is 2.20. The minimum Gasteiger partial charge on any atom is -0.388 e. The number of nitrogens with zero attached hydrogens (tertiary/aromatic N) is 2. The van der Waals surface area contributed by atoms with Crippen LogP contribution in [-0.2, 0) is 0 Å². The van der Waals surface area contributed by atoms with Crippen LogP contribution in [0.2, 0.25) is 0 Å². The molecule has 0 saturated carbocycles. The molecule has 5 nitrogen and oxygen atoms in total. The zero-order valence-electron chi connectivity index (χ0n) is 10.8. The van der Waals surface area contributed by atoms with Gasteiger partial charge < -0.3 is 15.3 Å². The Morgan fingerprint density at radius 1 is 1.67 bits per heavy atom. The number of amides is 1. The number of aliphatic hydroxyl groups is 1. The van der Waals surface area contributed by atoms with Gasteiger partial charge >= 0.3 is 0 Å². The van der Waals surface area contributed by atoms with Crippen LogP contribution in [-0.4, -0.2) is 46.1 Å². The fourth-order valence-electron chi connectivity index (χ4n) is 2.20. The smallest absolute Gasteiger partial charge is 0.257 e. The first kappa shape index (κ1) is 12.8. The maximum Gasteiger partial charge on any atom is 0.257 e. The van der Waals surface area contributed by atoms with Gasteiger partial charge in [-0.1, -0.05) is 0 Å². The Morgan fingerprint density at radius 2 is 2.44 bits per heavy atom. The molecule has 1 saturated heterocycles. The van der Waals surface area contributed by atoms with E-state index >= 15 is 0 Å². The van der Waals surface area contributed by atoms with Crippen LogP contribution in [0.5, 0.6) is 0 Å². The molecular weight excluding hydrogens is 230 g/mol. The van der Waals surface area contributed by atoms with Crippen molar-refractivity contribution in [2.75, 3.05) is 25.0 Å². The number of aromatic nitrogens is 1. The van der Waals surface area contributed by atoms with E-state index in [2.05, 4.69) is 10.3 Å². The molecule has 1 amide bonds. The highest BCUT2D eigenvalue weighted by molar-refractivity contribution is 5.99. The van der Waals surface area contributed by atoms with E-state index in [1.807, 2.05) is 6.92 Å². The molecule has 2 N–H and O–H groups in total. The third kappa shape index (κ3) is 2.61. The highest BCUT2D eigenvalue weighted by Gasteiger charge is 2.34. The zero-order valence-corrected chi connectivity index (χ0v) is 10.8. The van der Waals surface area contributed by atoms with Crippen LogP contribution in [0.25, 0.3) is 0 Å². The fraction of sp³-hybridized carbons (Fsp3) is 0.538. The van der Waals surface area contributed by atoms with Gasteiger partial charge in [0.05, 0.1) is 16.9 Å². The summed E-state index contributed by atoms with van der Waals surface area (Å²) in [6.07, 6.45) is 3.86. The van der Waals surface area contributed by atoms with E-state index in [1.54, 1.807) is 30.3 Å². The first-order chi connectivity index (χ1) is 8.53. The third-order valence-electron chi connectivity index (χ3n) is 3.16. The summed E-state index contributed by atoms with van der Waals surface area (Å²) in [4.78, 5) is 18.1. The summed E-state index contributed by atoms with van der Waals surface area (Å²) in [5, 5.41) is 13.1. The molecule has 2 rings (SSSR count). The molecule has 0 bridgehead atoms. The molecule has 2 heterocycles. The minimum absolute atomic E-state index is 0.0724. The molecule has 0 radical (unpaired) electrons. The highest BCUT2D eigenvalue weighted by Crippen LogP contribution is 2.24. The van der Waals surface area contributed by atoms with E-state index in [1.165, 1.54) is 0 Å². The Labute approximate surface area is 107 Å². The van der Waals surface area contributed by atoms with E-state index in [4.69, 9.17) is 0 Å². The van der Waals surface area contributed by atoms with Crippen molar-refractivity contribution in [2.45, 2.75) is 25.9 Å². The minimum atomic E-state index is -0.768. The quantitative estimate of drug-likeness (QED) is 0.842. The van der Waals surface area contributed by atoms with Crippen LogP contribution >= 0.6 is 0 Å². The summed E-state index contributed by atoms with van der Waals surface area (Å²) >= 11 is 0. The molecule has 98 valence electrons. The van der Waals surface area contributed by atoms with Crippen molar-refractivity contribution >= 4 is 11.6 Å². The standard InChI is InChI=1S/C13H19N3O2/c1-3-15-11-4-6-14-8-10(11)12(17)16-7-5-13(2,18)9-16/h4,6,8,18H,3,5,7,9H2,1-2H3,(H,14,15). The lowest BCUT2D eigenvalue weighted by atomic mass is 10.1. The Hall–Kier alpha value is -1.62. The van der Waals surface area contributed by atoms with Gasteiger partial charge in [0.1, 0.15) is 0 Å². The average Bonchev–Trinajstić information content (AvgIpc) is 2.70. The molecule has 1 aromatic rings. The van der Waals surface area contributed by atoms with E-state index in [-0.39, 0.29) is 5.91 Å². The second-order valence-electron chi connectivity index (χ2n) is 4.93. The van der Waals surface area contributed by atoms with Crippen LogP contribution < -0.4 is 5.32 Å². The Kier molecular flexibility index (Phi) is 3.52. The van der Waals surface area contributed by atoms with E-state index in [9.17, 15) is 9.90 Å². The lowest BCUT2D eigenvalue weighted by Gasteiger charge is -2.20. The summed E-state index contributed by atoms with van der Waals surface area (Å²) in [6.45, 7) is 5.46. The normalized spacial score (nSPS) is 23.2. The number of nitrogens with one attached hydrogen (secondary N) is 1. The van der Waals surface area contributed by atoms with Crippen LogP contribution in [0.3, 0.4) is 0 Å². The zero-order chi connectivity index (χ0) is 13.2. The topological polar surface area (TPSA) is 65.5 Å². The molecule has 0 aliphatic carbocycles. The third-order valence-corrected chi connectivity index (χ3v) is 3.16. The summed E-state index contributed by atoms with van der Waals surface area (Å²) < 4.78 is 0. The van der Waals surface area contributed by atoms with Crippen LogP contribution in [0, 0.1) is 0 Å². The number of carbonyl (C=O) groups is 1. The van der Waals surface area contributed by atoms with Gasteiger partial charge in [0.25, 0.3) is 5.91 Å². The number of hydrogen-bond acceptors (Lipinski definition) is 4. The lowest BCUT2D eigenvalue weighted by Crippen LogP contribution is -2.34. The molecule has 0 spiro atoms. The Morgan fingerprint density at radius 3 is 3.06 bits per heavy atom. The number of β-amino-alcohol motifs (C(OH)–C–C–N with tert-alkyl or cyclic N) is 1. The van der Waals surface area contributed by atoms with Crippen molar-refractivity contribution in [1.29, 1.82) is 0 Å². The van der Waals surface area contributed by atoms with Gasteiger partial charge in [0.2, 0.25) is 0 Å². The van der Waals surface area contributed by atoms with Crippen molar-refractivity contribution < 1.29 is 9.90 Å². The average molecular weight is 249 g/mol. The van der Waals surface area contributed by atoms with E-state index < -0.39 is 5.60 Å². The SMILES string of the molecule is CCNc1ccncc1C(=O)N1CCC(C)(O)C1. The molecule has 1 unspecified atom stereocenters. The largest absolute Gasteiger partial charge is 0.388 e. The molecule has 1 atom stereocenters. The van der Waals surface area contributed by atoms with Gasteiger partial charge in [-0.15, -0.1) is 0 Å². The lowest BCUT2D eigenvalue weighted by molar-refractivity contribution is 0.0572. The second-order valence-corrected chi connectivity index (χ2v) is 4.93. The molecule has 18 heavy (non-hydrogen) atoms. The molecule has 1 aliphatic heterocycles. The highest BCUT2D eigenvalue weighted by atomic mass is 16.3. The summed E-state index contributed by atoms with van der Waals surface area (Å²) in [7, 11) is 0. The molecule has 1 fully saturated rings. The number of anilines is 1. The Bertz CT molecular complexity index is 446. The first-order valence-corrected chi connectivity index (χ1v) is 6.23. The second kappa shape index (κ2) is 4.94. The van der Waals surface area contributed by atoms with Crippen molar-refractivity contribution in [2.24, 2.45) is 0 Å². The van der Waals surface area contributed by atoms with Gasteiger partial charge in [-0.25, -0.2) is 0 Å². The first-order valence-electron chi connectivity index (χ1n) is 6.23. The van der Waals surface area contributed by atoms with Crippen LogP contribution in [0.15, 0.2) is 18.5 Å². The summed E-state index contributed by atoms with van der Waals surface area (Å²) in [5.41, 5.74) is 0.594. The maximum atomic E-state index is 12.4. The van der Waals surface area contributed by atoms with Gasteiger partial charge in [-0.3, -0.25) is 9.78 Å². The Balaban J connectivity index is 2.19. The van der Waals surface area contributed by atoms with Crippen LogP contribution in [0.4, 0.5) is 5.69 Å². The molecule has 5 heteroatoms. The number of likely N-dealkylation sites (tertiary alicyclic amines) is 1. The van der Waals surface area contributed by atoms with Gasteiger partial charge in [0.15, 0.2) is 0 Å². The number of pyridine rings is 1. The number of carbonyl (C=O) groups excluding carboxylic acids is 1. The van der Waals surface area contributed by atoms with Crippen molar-refractivity contribution in [3.63, 3.8) is 0 Å². The molecule has 1 aromatic heterocycles. The van der Waals surface area contributed by atoms with Gasteiger partial charge in [-0.2, -0.15) is 0 Å². The van der Waals surface area contributed by atoms with Gasteiger partial charge in [0, 0.05) is 32.0 Å². The van der Waals surface area contributed by atoms with Crippen molar-refractivity contribution in [1.82, 2.24) is 9.88 Å². The number of hydrogen-bond donors (Lipinski definition) is 2. The molecule has 1 aliphatic rings. The monoisotopic (exact) mass is 249 g/mol. The summed E-state index contributed by atoms with van der Waals surface area (Å²) in [5.74, 6) is -0.0724. The van der Waals surface area contributed by atoms with Gasteiger partial charge in [-0.05, 0) is 26.3 Å².